The number of para-hydroxylation sites is 1. The van der Waals surface area contributed by atoms with Gasteiger partial charge in [0, 0.05) is 23.5 Å². The van der Waals surface area contributed by atoms with Crippen LogP contribution < -0.4 is 22.3 Å². The molecule has 8 nitrogen and oxygen atoms in total. The maximum Gasteiger partial charge on any atom is 0.325 e. The maximum absolute atomic E-state index is 12.9. The molecule has 0 aliphatic carbocycles. The van der Waals surface area contributed by atoms with Crippen LogP contribution in [0.5, 0.6) is 0 Å². The van der Waals surface area contributed by atoms with Gasteiger partial charge in [-0.25, -0.2) is 10.9 Å². The molecule has 1 aromatic heterocycles. The van der Waals surface area contributed by atoms with Gasteiger partial charge in [-0.3, -0.25) is 9.59 Å². The lowest BCUT2D eigenvalue weighted by molar-refractivity contribution is -0.148. The van der Waals surface area contributed by atoms with E-state index in [9.17, 15) is 9.59 Å². The zero-order chi connectivity index (χ0) is 23.5. The summed E-state index contributed by atoms with van der Waals surface area (Å²) >= 11 is 0. The summed E-state index contributed by atoms with van der Waals surface area (Å²) < 4.78 is 5.55. The van der Waals surface area contributed by atoms with Gasteiger partial charge in [-0.15, -0.1) is 0 Å². The van der Waals surface area contributed by atoms with Crippen molar-refractivity contribution < 1.29 is 14.3 Å². The van der Waals surface area contributed by atoms with Crippen molar-refractivity contribution >= 4 is 22.7 Å². The average Bonchev–Trinajstić information content (AvgIpc) is 3.25. The Kier molecular flexibility index (Phi) is 9.59. The van der Waals surface area contributed by atoms with E-state index in [-0.39, 0.29) is 18.9 Å². The Labute approximate surface area is 194 Å². The number of rotatable bonds is 14. The molecule has 3 rings (SSSR count). The number of fused-ring (bicyclic) bond motifs is 1. The van der Waals surface area contributed by atoms with Crippen molar-refractivity contribution in [3.8, 4) is 0 Å². The summed E-state index contributed by atoms with van der Waals surface area (Å²) in [5.74, 6) is -0.528. The number of Topliss-reactive ketones (excluding diaryl/α,β-unsaturated/α-hetero) is 1. The summed E-state index contributed by atoms with van der Waals surface area (Å²) in [6, 6.07) is 16.2. The Morgan fingerprint density at radius 3 is 2.58 bits per heavy atom. The molecule has 0 aliphatic heterocycles. The van der Waals surface area contributed by atoms with E-state index in [0.717, 1.165) is 34.9 Å². The average molecular weight is 452 g/mol. The summed E-state index contributed by atoms with van der Waals surface area (Å²) in [6.45, 7) is 0.776. The van der Waals surface area contributed by atoms with Crippen LogP contribution in [0.25, 0.3) is 10.9 Å². The predicted molar refractivity (Wildman–Crippen MR) is 129 cm³/mol. The number of hydrazine groups is 1. The van der Waals surface area contributed by atoms with Crippen LogP contribution in [0.4, 0.5) is 0 Å². The molecule has 0 spiro atoms. The van der Waals surface area contributed by atoms with Gasteiger partial charge in [0.1, 0.15) is 12.6 Å². The van der Waals surface area contributed by atoms with Crippen LogP contribution in [0.3, 0.4) is 0 Å². The molecule has 3 aromatic rings. The first-order valence-electron chi connectivity index (χ1n) is 11.3. The zero-order valence-corrected chi connectivity index (χ0v) is 18.8. The Morgan fingerprint density at radius 1 is 1.03 bits per heavy atom. The quantitative estimate of drug-likeness (QED) is 0.144. The smallest absolute Gasteiger partial charge is 0.325 e. The molecular formula is C25H33N5O3. The molecule has 0 fully saturated rings. The van der Waals surface area contributed by atoms with Gasteiger partial charge in [-0.1, -0.05) is 55.0 Å². The third-order valence-corrected chi connectivity index (χ3v) is 5.53. The number of ether oxygens (including phenoxy) is 1. The molecule has 0 saturated carbocycles. The van der Waals surface area contributed by atoms with Crippen LogP contribution in [-0.4, -0.2) is 41.9 Å². The highest BCUT2D eigenvalue weighted by atomic mass is 16.5. The van der Waals surface area contributed by atoms with Gasteiger partial charge in [0.15, 0.2) is 5.78 Å². The molecule has 0 saturated heterocycles. The van der Waals surface area contributed by atoms with Crippen LogP contribution in [-0.2, 0) is 27.4 Å². The fourth-order valence-corrected chi connectivity index (χ4v) is 3.61. The first-order chi connectivity index (χ1) is 16.1. The fourth-order valence-electron chi connectivity index (χ4n) is 3.61. The SMILES string of the molecule is NCCCC[C@H](N)C(=O)CNN[C@@H](Cc1c[nH]c2ccccc12)C(=O)OCc1ccccc1. The van der Waals surface area contributed by atoms with E-state index >= 15 is 0 Å². The number of aromatic amines is 1. The highest BCUT2D eigenvalue weighted by Gasteiger charge is 2.23. The third-order valence-electron chi connectivity index (χ3n) is 5.53. The second-order valence-corrected chi connectivity index (χ2v) is 8.06. The second kappa shape index (κ2) is 12.9. The molecular weight excluding hydrogens is 418 g/mol. The minimum Gasteiger partial charge on any atom is -0.460 e. The monoisotopic (exact) mass is 451 g/mol. The van der Waals surface area contributed by atoms with Gasteiger partial charge in [0.2, 0.25) is 0 Å². The summed E-state index contributed by atoms with van der Waals surface area (Å²) in [5, 5.41) is 1.04. The van der Waals surface area contributed by atoms with E-state index in [1.54, 1.807) is 0 Å². The molecule has 2 aromatic carbocycles. The van der Waals surface area contributed by atoms with E-state index in [1.165, 1.54) is 0 Å². The molecule has 0 aliphatic rings. The van der Waals surface area contributed by atoms with Crippen LogP contribution >= 0.6 is 0 Å². The molecule has 0 bridgehead atoms. The Balaban J connectivity index is 1.60. The van der Waals surface area contributed by atoms with E-state index in [4.69, 9.17) is 16.2 Å². The summed E-state index contributed by atoms with van der Waals surface area (Å²) in [5.41, 5.74) is 20.2. The topological polar surface area (TPSA) is 135 Å². The highest BCUT2D eigenvalue weighted by Crippen LogP contribution is 2.19. The Hall–Kier alpha value is -3.04. The van der Waals surface area contributed by atoms with Crippen LogP contribution in [0, 0.1) is 0 Å². The minimum absolute atomic E-state index is 0.0140. The largest absolute Gasteiger partial charge is 0.460 e. The lowest BCUT2D eigenvalue weighted by Gasteiger charge is -2.19. The lowest BCUT2D eigenvalue weighted by Crippen LogP contribution is -2.50. The zero-order valence-electron chi connectivity index (χ0n) is 18.8. The van der Waals surface area contributed by atoms with Crippen molar-refractivity contribution in [2.45, 2.75) is 44.4 Å². The van der Waals surface area contributed by atoms with Crippen molar-refractivity contribution in [3.05, 3.63) is 71.9 Å². The second-order valence-electron chi connectivity index (χ2n) is 8.06. The van der Waals surface area contributed by atoms with Gasteiger partial charge in [-0.2, -0.15) is 0 Å². The standard InChI is InChI=1S/C25H33N5O3/c26-13-7-6-11-21(27)24(31)16-29-30-23(25(32)33-17-18-8-2-1-3-9-18)14-19-15-28-22-12-5-4-10-20(19)22/h1-5,8-10,12,15,21,23,28-30H,6-7,11,13-14,16-17,26-27H2/t21-,23-/m0/s1. The Morgan fingerprint density at radius 2 is 1.79 bits per heavy atom. The van der Waals surface area contributed by atoms with Crippen LogP contribution in [0.2, 0.25) is 0 Å². The number of esters is 1. The maximum atomic E-state index is 12.9. The third kappa shape index (κ3) is 7.50. The van der Waals surface area contributed by atoms with Gasteiger partial charge >= 0.3 is 5.97 Å². The van der Waals surface area contributed by atoms with Crippen LogP contribution in [0.15, 0.2) is 60.8 Å². The summed E-state index contributed by atoms with van der Waals surface area (Å²) in [4.78, 5) is 28.4. The first kappa shape index (κ1) is 24.6. The molecule has 7 N–H and O–H groups in total. The Bertz CT molecular complexity index is 1020. The van der Waals surface area contributed by atoms with Crippen molar-refractivity contribution in [1.29, 1.82) is 0 Å². The fraction of sp³-hybridized carbons (Fsp3) is 0.360. The lowest BCUT2D eigenvalue weighted by atomic mass is 10.1. The number of hydrogen-bond donors (Lipinski definition) is 5. The van der Waals surface area contributed by atoms with E-state index in [2.05, 4.69) is 15.8 Å². The molecule has 0 radical (unpaired) electrons. The van der Waals surface area contributed by atoms with E-state index in [1.807, 2.05) is 60.8 Å². The number of nitrogens with two attached hydrogens (primary N) is 2. The molecule has 1 heterocycles. The molecule has 0 unspecified atom stereocenters. The van der Waals surface area contributed by atoms with Crippen molar-refractivity contribution in [2.24, 2.45) is 11.5 Å². The van der Waals surface area contributed by atoms with Gasteiger partial charge in [-0.05, 0) is 36.6 Å². The number of unbranched alkanes of at least 4 members (excludes halogenated alkanes) is 1. The highest BCUT2D eigenvalue weighted by molar-refractivity contribution is 5.86. The molecule has 2 atom stereocenters. The van der Waals surface area contributed by atoms with Gasteiger partial charge in [0.25, 0.3) is 0 Å². The number of benzene rings is 2. The molecule has 8 heteroatoms. The van der Waals surface area contributed by atoms with Crippen LogP contribution in [0.1, 0.15) is 30.4 Å². The number of ketones is 1. The van der Waals surface area contributed by atoms with Crippen molar-refractivity contribution in [1.82, 2.24) is 15.8 Å². The van der Waals surface area contributed by atoms with Gasteiger partial charge in [0.05, 0.1) is 12.6 Å². The first-order valence-corrected chi connectivity index (χ1v) is 11.3. The number of hydrogen-bond acceptors (Lipinski definition) is 7. The molecule has 33 heavy (non-hydrogen) atoms. The molecule has 0 amide bonds. The van der Waals surface area contributed by atoms with E-state index < -0.39 is 18.1 Å². The number of carbonyl (C=O) groups excluding carboxylic acids is 2. The van der Waals surface area contributed by atoms with Crippen molar-refractivity contribution in [2.75, 3.05) is 13.1 Å². The van der Waals surface area contributed by atoms with E-state index in [0.29, 0.717) is 19.4 Å². The number of carbonyl (C=O) groups is 2. The normalized spacial score (nSPS) is 13.0. The molecule has 176 valence electrons. The van der Waals surface area contributed by atoms with Crippen molar-refractivity contribution in [3.63, 3.8) is 0 Å². The minimum atomic E-state index is -0.686. The number of H-pyrrole nitrogens is 1. The predicted octanol–water partition coefficient (Wildman–Crippen LogP) is 1.94. The number of aromatic nitrogens is 1. The van der Waals surface area contributed by atoms with Gasteiger partial charge < -0.3 is 21.2 Å². The summed E-state index contributed by atoms with van der Waals surface area (Å²) in [6.07, 6.45) is 4.53. The number of nitrogens with one attached hydrogen (secondary N) is 3. The summed E-state index contributed by atoms with van der Waals surface area (Å²) in [7, 11) is 0.